The number of anilines is 1. The summed E-state index contributed by atoms with van der Waals surface area (Å²) in [6, 6.07) is 11.0. The second-order valence-electron chi connectivity index (χ2n) is 6.69. The fourth-order valence-electron chi connectivity index (χ4n) is 2.90. The van der Waals surface area contributed by atoms with Gasteiger partial charge < -0.3 is 19.2 Å². The van der Waals surface area contributed by atoms with E-state index in [1.807, 2.05) is 26.0 Å². The van der Waals surface area contributed by atoms with Crippen molar-refractivity contribution in [2.45, 2.75) is 33.3 Å². The summed E-state index contributed by atoms with van der Waals surface area (Å²) in [5.41, 5.74) is 4.23. The van der Waals surface area contributed by atoms with Crippen molar-refractivity contribution in [1.29, 1.82) is 0 Å². The van der Waals surface area contributed by atoms with E-state index in [2.05, 4.69) is 5.32 Å². The Balaban J connectivity index is 1.64. The molecule has 146 valence electrons. The molecule has 6 nitrogen and oxygen atoms in total. The van der Waals surface area contributed by atoms with Crippen molar-refractivity contribution >= 4 is 28.5 Å². The first-order chi connectivity index (χ1) is 13.4. The van der Waals surface area contributed by atoms with Crippen molar-refractivity contribution in [2.75, 3.05) is 12.4 Å². The Morgan fingerprint density at radius 3 is 2.61 bits per heavy atom. The lowest BCUT2D eigenvalue weighted by Gasteiger charge is -2.15. The van der Waals surface area contributed by atoms with Crippen LogP contribution in [0, 0.1) is 13.8 Å². The van der Waals surface area contributed by atoms with Gasteiger partial charge in [-0.3, -0.25) is 9.59 Å². The van der Waals surface area contributed by atoms with E-state index in [0.717, 1.165) is 27.7 Å². The molecule has 0 aliphatic rings. The molecular weight excluding hydrogens is 358 g/mol. The monoisotopic (exact) mass is 381 g/mol. The van der Waals surface area contributed by atoms with E-state index >= 15 is 0 Å². The van der Waals surface area contributed by atoms with Crippen LogP contribution in [0.25, 0.3) is 11.0 Å². The smallest absolute Gasteiger partial charge is 0.311 e. The topological polar surface area (TPSA) is 77.8 Å². The molecule has 1 amide bonds. The van der Waals surface area contributed by atoms with Crippen LogP contribution in [0.4, 0.5) is 5.69 Å². The van der Waals surface area contributed by atoms with Gasteiger partial charge in [0.05, 0.1) is 25.5 Å². The number of nitrogens with one attached hydrogen (secondary N) is 1. The molecule has 1 N–H and O–H groups in total. The average molecular weight is 381 g/mol. The van der Waals surface area contributed by atoms with Gasteiger partial charge in [0, 0.05) is 10.9 Å². The highest BCUT2D eigenvalue weighted by atomic mass is 16.5. The number of carbonyl (C=O) groups is 2. The lowest BCUT2D eigenvalue weighted by Crippen LogP contribution is -2.30. The number of benzene rings is 2. The second kappa shape index (κ2) is 8.17. The van der Waals surface area contributed by atoms with E-state index in [1.54, 1.807) is 30.5 Å². The van der Waals surface area contributed by atoms with Crippen LogP contribution in [0.3, 0.4) is 0 Å². The molecule has 0 aliphatic heterocycles. The number of aryl methyl sites for hydroxylation is 2. The number of esters is 1. The van der Waals surface area contributed by atoms with Gasteiger partial charge in [-0.1, -0.05) is 12.1 Å². The Labute approximate surface area is 163 Å². The minimum atomic E-state index is -0.945. The van der Waals surface area contributed by atoms with Crippen molar-refractivity contribution < 1.29 is 23.5 Å². The third-order valence-electron chi connectivity index (χ3n) is 4.65. The summed E-state index contributed by atoms with van der Waals surface area (Å²) < 4.78 is 16.0. The van der Waals surface area contributed by atoms with Crippen molar-refractivity contribution in [3.05, 3.63) is 59.4 Å². The number of carbonyl (C=O) groups excluding carboxylic acids is 2. The highest BCUT2D eigenvalue weighted by Gasteiger charge is 2.20. The zero-order chi connectivity index (χ0) is 20.3. The van der Waals surface area contributed by atoms with Gasteiger partial charge in [-0.15, -0.1) is 0 Å². The molecule has 0 fully saturated rings. The second-order valence-corrected chi connectivity index (χ2v) is 6.69. The molecule has 3 rings (SSSR count). The summed E-state index contributed by atoms with van der Waals surface area (Å²) in [7, 11) is 1.52. The number of methoxy groups -OCH3 is 1. The minimum Gasteiger partial charge on any atom is -0.495 e. The number of hydrogen-bond acceptors (Lipinski definition) is 5. The van der Waals surface area contributed by atoms with E-state index < -0.39 is 18.0 Å². The van der Waals surface area contributed by atoms with Gasteiger partial charge in [0.2, 0.25) is 0 Å². The third kappa shape index (κ3) is 4.17. The summed E-state index contributed by atoms with van der Waals surface area (Å²) in [5.74, 6) is -0.394. The standard InChI is InChI=1S/C22H23NO5/c1-13-9-17-16(12-27-20(17)10-14(13)2)11-21(24)28-15(3)22(25)23-18-7-5-6-8-19(18)26-4/h5-10,12,15H,11H2,1-4H3,(H,23,25)/t15-/m0/s1. The first kappa shape index (κ1) is 19.5. The van der Waals surface area contributed by atoms with E-state index in [-0.39, 0.29) is 6.42 Å². The molecule has 2 aromatic carbocycles. The van der Waals surface area contributed by atoms with Crippen molar-refractivity contribution in [3.8, 4) is 5.75 Å². The van der Waals surface area contributed by atoms with E-state index in [1.165, 1.54) is 14.0 Å². The highest BCUT2D eigenvalue weighted by molar-refractivity contribution is 5.96. The average Bonchev–Trinajstić information content (AvgIpc) is 3.03. The molecule has 28 heavy (non-hydrogen) atoms. The SMILES string of the molecule is COc1ccccc1NC(=O)[C@H](C)OC(=O)Cc1coc2cc(C)c(C)cc12. The van der Waals surface area contributed by atoms with E-state index in [0.29, 0.717) is 11.4 Å². The quantitative estimate of drug-likeness (QED) is 0.649. The highest BCUT2D eigenvalue weighted by Crippen LogP contribution is 2.26. The van der Waals surface area contributed by atoms with Gasteiger partial charge in [0.15, 0.2) is 6.10 Å². The Hall–Kier alpha value is -3.28. The Morgan fingerprint density at radius 2 is 1.86 bits per heavy atom. The van der Waals surface area contributed by atoms with Crippen LogP contribution < -0.4 is 10.1 Å². The first-order valence-electron chi connectivity index (χ1n) is 8.99. The summed E-state index contributed by atoms with van der Waals surface area (Å²) in [5, 5.41) is 3.59. The number of rotatable bonds is 6. The summed E-state index contributed by atoms with van der Waals surface area (Å²) in [6.45, 7) is 5.55. The van der Waals surface area contributed by atoms with Crippen LogP contribution in [0.15, 0.2) is 47.1 Å². The predicted octanol–water partition coefficient (Wildman–Crippen LogP) is 4.17. The summed E-state index contributed by atoms with van der Waals surface area (Å²) in [4.78, 5) is 24.7. The minimum absolute atomic E-state index is 0.0295. The first-order valence-corrected chi connectivity index (χ1v) is 8.99. The van der Waals surface area contributed by atoms with Gasteiger partial charge in [0.25, 0.3) is 5.91 Å². The number of fused-ring (bicyclic) bond motifs is 1. The van der Waals surface area contributed by atoms with Gasteiger partial charge >= 0.3 is 5.97 Å². The fraction of sp³-hybridized carbons (Fsp3) is 0.273. The number of furan rings is 1. The Bertz CT molecular complexity index is 1020. The van der Waals surface area contributed by atoms with Crippen LogP contribution in [-0.4, -0.2) is 25.1 Å². The van der Waals surface area contributed by atoms with Gasteiger partial charge in [-0.25, -0.2) is 0 Å². The van der Waals surface area contributed by atoms with Gasteiger partial charge in [-0.05, 0) is 56.2 Å². The van der Waals surface area contributed by atoms with E-state index in [4.69, 9.17) is 13.9 Å². The van der Waals surface area contributed by atoms with Crippen molar-refractivity contribution in [3.63, 3.8) is 0 Å². The van der Waals surface area contributed by atoms with E-state index in [9.17, 15) is 9.59 Å². The molecule has 1 atom stereocenters. The molecule has 0 unspecified atom stereocenters. The molecule has 1 aromatic heterocycles. The molecule has 0 saturated carbocycles. The molecule has 1 heterocycles. The lowest BCUT2D eigenvalue weighted by molar-refractivity contribution is -0.152. The van der Waals surface area contributed by atoms with Crippen LogP contribution >= 0.6 is 0 Å². The number of para-hydroxylation sites is 2. The molecule has 0 bridgehead atoms. The molecule has 6 heteroatoms. The number of amides is 1. The maximum Gasteiger partial charge on any atom is 0.311 e. The maximum atomic E-state index is 12.4. The van der Waals surface area contributed by atoms with Crippen LogP contribution in [0.2, 0.25) is 0 Å². The molecule has 0 radical (unpaired) electrons. The maximum absolute atomic E-state index is 12.4. The van der Waals surface area contributed by atoms with Crippen LogP contribution in [-0.2, 0) is 20.7 Å². The molecule has 0 spiro atoms. The van der Waals surface area contributed by atoms with Crippen LogP contribution in [0.5, 0.6) is 5.75 Å². The van der Waals surface area contributed by atoms with Gasteiger partial charge in [-0.2, -0.15) is 0 Å². The Kier molecular flexibility index (Phi) is 5.68. The van der Waals surface area contributed by atoms with Crippen molar-refractivity contribution in [2.24, 2.45) is 0 Å². The molecule has 3 aromatic rings. The van der Waals surface area contributed by atoms with Crippen molar-refractivity contribution in [1.82, 2.24) is 0 Å². The molecular formula is C22H23NO5. The lowest BCUT2D eigenvalue weighted by atomic mass is 10.0. The number of ether oxygens (including phenoxy) is 2. The normalized spacial score (nSPS) is 11.9. The summed E-state index contributed by atoms with van der Waals surface area (Å²) in [6.07, 6.45) is 0.645. The zero-order valence-electron chi connectivity index (χ0n) is 16.4. The zero-order valence-corrected chi connectivity index (χ0v) is 16.4. The largest absolute Gasteiger partial charge is 0.495 e. The number of hydrogen-bond donors (Lipinski definition) is 1. The predicted molar refractivity (Wildman–Crippen MR) is 107 cm³/mol. The summed E-state index contributed by atoms with van der Waals surface area (Å²) >= 11 is 0. The molecule has 0 aliphatic carbocycles. The molecule has 0 saturated heterocycles. The fourth-order valence-corrected chi connectivity index (χ4v) is 2.90. The van der Waals surface area contributed by atoms with Gasteiger partial charge in [0.1, 0.15) is 11.3 Å². The van der Waals surface area contributed by atoms with Crippen LogP contribution in [0.1, 0.15) is 23.6 Å². The third-order valence-corrected chi connectivity index (χ3v) is 4.65. The Morgan fingerprint density at radius 1 is 1.14 bits per heavy atom.